The van der Waals surface area contributed by atoms with E-state index in [2.05, 4.69) is 38.8 Å². The van der Waals surface area contributed by atoms with Gasteiger partial charge in [-0.3, -0.25) is 5.84 Å². The van der Waals surface area contributed by atoms with Crippen molar-refractivity contribution >= 4 is 12.6 Å². The van der Waals surface area contributed by atoms with Crippen molar-refractivity contribution in [3.63, 3.8) is 0 Å². The summed E-state index contributed by atoms with van der Waals surface area (Å²) in [5, 5.41) is 0.803. The highest BCUT2D eigenvalue weighted by Crippen LogP contribution is 2.17. The van der Waals surface area contributed by atoms with E-state index in [0.717, 1.165) is 11.4 Å². The average molecular weight is 160 g/mol. The van der Waals surface area contributed by atoms with Crippen LogP contribution in [0.25, 0.3) is 0 Å². The third-order valence-corrected chi connectivity index (χ3v) is 1.94. The monoisotopic (exact) mass is 160 g/mol. The van der Waals surface area contributed by atoms with E-state index in [4.69, 9.17) is 5.84 Å². The molecule has 0 aliphatic carbocycles. The summed E-state index contributed by atoms with van der Waals surface area (Å²) >= 11 is 4.19. The normalized spacial score (nSPS) is 13.4. The predicted molar refractivity (Wildman–Crippen MR) is 48.5 cm³/mol. The summed E-state index contributed by atoms with van der Waals surface area (Å²) in [6, 6.07) is 0. The predicted octanol–water partition coefficient (Wildman–Crippen LogP) is 1.66. The second-order valence-corrected chi connectivity index (χ2v) is 2.97. The first-order valence-corrected chi connectivity index (χ1v) is 3.96. The average Bonchev–Trinajstić information content (AvgIpc) is 1.88. The molecule has 0 spiro atoms. The Morgan fingerprint density at radius 2 is 2.10 bits per heavy atom. The third-order valence-electron chi connectivity index (χ3n) is 1.52. The van der Waals surface area contributed by atoms with Gasteiger partial charge in [-0.2, -0.15) is 0 Å². The van der Waals surface area contributed by atoms with Crippen LogP contribution in [-0.4, -0.2) is 0 Å². The van der Waals surface area contributed by atoms with Gasteiger partial charge in [-0.1, -0.05) is 20.8 Å². The first-order valence-electron chi connectivity index (χ1n) is 3.52. The smallest absolute Gasteiger partial charge is 0.0785 e. The molecular weight excluding hydrogens is 144 g/mol. The van der Waals surface area contributed by atoms with Crippen molar-refractivity contribution in [2.45, 2.75) is 27.2 Å². The standard InChI is InChI=1S/C7H16N2S/c1-4-6(5(2)3)7(10)9-8/h5,9-10H,4,8H2,1-3H3/b7-6-. The molecule has 0 aliphatic heterocycles. The summed E-state index contributed by atoms with van der Waals surface area (Å²) in [4.78, 5) is 0. The number of thiol groups is 1. The van der Waals surface area contributed by atoms with Crippen molar-refractivity contribution in [1.82, 2.24) is 5.43 Å². The molecule has 0 rings (SSSR count). The minimum absolute atomic E-state index is 0.522. The first kappa shape index (κ1) is 9.85. The van der Waals surface area contributed by atoms with Gasteiger partial charge in [0.2, 0.25) is 0 Å². The molecule has 0 aromatic rings. The Hall–Kier alpha value is -0.150. The molecule has 0 bridgehead atoms. The van der Waals surface area contributed by atoms with Gasteiger partial charge in [0, 0.05) is 0 Å². The van der Waals surface area contributed by atoms with Gasteiger partial charge in [0.15, 0.2) is 0 Å². The van der Waals surface area contributed by atoms with Crippen LogP contribution in [0.2, 0.25) is 0 Å². The Balaban J connectivity index is 4.29. The fourth-order valence-corrected chi connectivity index (χ4v) is 1.36. The van der Waals surface area contributed by atoms with E-state index >= 15 is 0 Å². The van der Waals surface area contributed by atoms with Crippen LogP contribution < -0.4 is 11.3 Å². The fourth-order valence-electron chi connectivity index (χ4n) is 0.942. The van der Waals surface area contributed by atoms with Gasteiger partial charge in [-0.05, 0) is 17.9 Å². The van der Waals surface area contributed by atoms with E-state index in [1.165, 1.54) is 5.57 Å². The topological polar surface area (TPSA) is 38.0 Å². The zero-order valence-electron chi connectivity index (χ0n) is 6.81. The van der Waals surface area contributed by atoms with E-state index in [0.29, 0.717) is 5.92 Å². The summed E-state index contributed by atoms with van der Waals surface area (Å²) in [6.07, 6.45) is 1.00. The van der Waals surface area contributed by atoms with Gasteiger partial charge in [0.25, 0.3) is 0 Å². The Bertz CT molecular complexity index is 130. The van der Waals surface area contributed by atoms with Crippen LogP contribution in [0.3, 0.4) is 0 Å². The lowest BCUT2D eigenvalue weighted by atomic mass is 10.0. The fraction of sp³-hybridized carbons (Fsp3) is 0.714. The SMILES string of the molecule is CC/C(=C(/S)NN)C(C)C. The van der Waals surface area contributed by atoms with E-state index in [1.807, 2.05) is 0 Å². The van der Waals surface area contributed by atoms with Crippen LogP contribution in [-0.2, 0) is 0 Å². The number of allylic oxidation sites excluding steroid dienone is 1. The molecule has 0 unspecified atom stereocenters. The van der Waals surface area contributed by atoms with Crippen molar-refractivity contribution in [3.05, 3.63) is 10.6 Å². The maximum Gasteiger partial charge on any atom is 0.0785 e. The third kappa shape index (κ3) is 2.62. The summed E-state index contributed by atoms with van der Waals surface area (Å²) in [7, 11) is 0. The Morgan fingerprint density at radius 1 is 1.60 bits per heavy atom. The van der Waals surface area contributed by atoms with Gasteiger partial charge in [-0.15, -0.1) is 12.6 Å². The molecule has 0 fully saturated rings. The van der Waals surface area contributed by atoms with Crippen LogP contribution in [0.15, 0.2) is 10.6 Å². The lowest BCUT2D eigenvalue weighted by Crippen LogP contribution is -2.20. The second-order valence-electron chi connectivity index (χ2n) is 2.53. The number of rotatable bonds is 3. The minimum Gasteiger partial charge on any atom is -0.319 e. The highest BCUT2D eigenvalue weighted by Gasteiger charge is 2.03. The van der Waals surface area contributed by atoms with E-state index in [9.17, 15) is 0 Å². The van der Waals surface area contributed by atoms with Gasteiger partial charge in [0.05, 0.1) is 5.03 Å². The number of hydrogen-bond donors (Lipinski definition) is 3. The summed E-state index contributed by atoms with van der Waals surface area (Å²) in [5.74, 6) is 5.72. The highest BCUT2D eigenvalue weighted by atomic mass is 32.1. The molecule has 3 heteroatoms. The number of nitrogens with two attached hydrogens (primary N) is 1. The molecule has 0 aromatic carbocycles. The molecule has 60 valence electrons. The van der Waals surface area contributed by atoms with Gasteiger partial charge in [0.1, 0.15) is 0 Å². The zero-order chi connectivity index (χ0) is 8.15. The molecular formula is C7H16N2S. The maximum absolute atomic E-state index is 5.20. The largest absolute Gasteiger partial charge is 0.319 e. The van der Waals surface area contributed by atoms with Crippen molar-refractivity contribution in [3.8, 4) is 0 Å². The number of hydrogen-bond acceptors (Lipinski definition) is 3. The van der Waals surface area contributed by atoms with Crippen LogP contribution in [0.1, 0.15) is 27.2 Å². The molecule has 0 atom stereocenters. The van der Waals surface area contributed by atoms with Crippen LogP contribution in [0, 0.1) is 5.92 Å². The molecule has 3 N–H and O–H groups in total. The molecule has 0 amide bonds. The molecule has 2 nitrogen and oxygen atoms in total. The maximum atomic E-state index is 5.20. The molecule has 0 saturated heterocycles. The lowest BCUT2D eigenvalue weighted by Gasteiger charge is -2.11. The van der Waals surface area contributed by atoms with Crippen molar-refractivity contribution in [2.75, 3.05) is 0 Å². The van der Waals surface area contributed by atoms with Crippen LogP contribution in [0.4, 0.5) is 0 Å². The molecule has 0 aliphatic rings. The Morgan fingerprint density at radius 3 is 2.20 bits per heavy atom. The van der Waals surface area contributed by atoms with E-state index in [1.54, 1.807) is 0 Å². The Kier molecular flexibility index (Phi) is 4.56. The first-order chi connectivity index (χ1) is 4.63. The number of nitrogens with one attached hydrogen (secondary N) is 1. The molecule has 0 saturated carbocycles. The summed E-state index contributed by atoms with van der Waals surface area (Å²) in [6.45, 7) is 6.36. The van der Waals surface area contributed by atoms with E-state index in [-0.39, 0.29) is 0 Å². The van der Waals surface area contributed by atoms with Crippen molar-refractivity contribution in [2.24, 2.45) is 11.8 Å². The highest BCUT2D eigenvalue weighted by molar-refractivity contribution is 7.84. The zero-order valence-corrected chi connectivity index (χ0v) is 7.70. The van der Waals surface area contributed by atoms with Crippen LogP contribution in [0.5, 0.6) is 0 Å². The quantitative estimate of drug-likeness (QED) is 0.334. The molecule has 0 radical (unpaired) electrons. The van der Waals surface area contributed by atoms with Crippen LogP contribution >= 0.6 is 12.6 Å². The van der Waals surface area contributed by atoms with Gasteiger partial charge in [-0.25, -0.2) is 0 Å². The lowest BCUT2D eigenvalue weighted by molar-refractivity contribution is 0.711. The number of hydrazine groups is 1. The van der Waals surface area contributed by atoms with E-state index < -0.39 is 0 Å². The van der Waals surface area contributed by atoms with Gasteiger partial charge >= 0.3 is 0 Å². The second kappa shape index (κ2) is 4.63. The summed E-state index contributed by atoms with van der Waals surface area (Å²) in [5.41, 5.74) is 3.81. The van der Waals surface area contributed by atoms with Crippen molar-refractivity contribution < 1.29 is 0 Å². The van der Waals surface area contributed by atoms with Gasteiger partial charge < -0.3 is 5.43 Å². The molecule has 0 heterocycles. The Labute approximate surface area is 68.3 Å². The summed E-state index contributed by atoms with van der Waals surface area (Å²) < 4.78 is 0. The minimum atomic E-state index is 0.522. The molecule has 10 heavy (non-hydrogen) atoms. The molecule has 0 aromatic heterocycles. The van der Waals surface area contributed by atoms with Crippen molar-refractivity contribution in [1.29, 1.82) is 0 Å².